The number of nitrogen functional groups attached to an aromatic ring is 1. The first-order valence-corrected chi connectivity index (χ1v) is 6.77. The van der Waals surface area contributed by atoms with Crippen LogP contribution >= 0.6 is 11.6 Å². The summed E-state index contributed by atoms with van der Waals surface area (Å²) in [6, 6.07) is 12.3. The lowest BCUT2D eigenvalue weighted by Gasteiger charge is -2.06. The van der Waals surface area contributed by atoms with Crippen molar-refractivity contribution in [2.75, 3.05) is 11.1 Å². The maximum Gasteiger partial charge on any atom is 0.291 e. The molecular weight excluding hydrogens is 288 g/mol. The van der Waals surface area contributed by atoms with Crippen molar-refractivity contribution in [1.82, 2.24) is 0 Å². The monoisotopic (exact) mass is 300 g/mol. The highest BCUT2D eigenvalue weighted by Gasteiger charge is 2.14. The van der Waals surface area contributed by atoms with E-state index in [1.54, 1.807) is 24.3 Å². The number of carbonyl (C=O) groups is 1. The summed E-state index contributed by atoms with van der Waals surface area (Å²) in [5, 5.41) is 4.01. The van der Waals surface area contributed by atoms with Crippen LogP contribution in [0.25, 0.3) is 11.0 Å². The lowest BCUT2D eigenvalue weighted by atomic mass is 10.2. The smallest absolute Gasteiger partial charge is 0.291 e. The van der Waals surface area contributed by atoms with Crippen molar-refractivity contribution in [3.05, 3.63) is 58.8 Å². The number of carbonyl (C=O) groups excluding carboxylic acids is 1. The molecule has 0 saturated carbocycles. The van der Waals surface area contributed by atoms with Crippen LogP contribution in [-0.4, -0.2) is 5.91 Å². The average Bonchev–Trinajstić information content (AvgIpc) is 2.86. The number of fused-ring (bicyclic) bond motifs is 1. The minimum atomic E-state index is -0.364. The van der Waals surface area contributed by atoms with Gasteiger partial charge in [0.15, 0.2) is 5.76 Å². The first-order chi connectivity index (χ1) is 10.0. The lowest BCUT2D eigenvalue weighted by Crippen LogP contribution is -2.11. The molecule has 1 aromatic heterocycles. The zero-order valence-corrected chi connectivity index (χ0v) is 12.1. The average molecular weight is 301 g/mol. The number of furan rings is 1. The first kappa shape index (κ1) is 13.5. The van der Waals surface area contributed by atoms with Crippen LogP contribution in [0.2, 0.25) is 5.02 Å². The highest BCUT2D eigenvalue weighted by Crippen LogP contribution is 2.26. The number of benzene rings is 2. The van der Waals surface area contributed by atoms with Crippen LogP contribution < -0.4 is 11.1 Å². The molecule has 0 unspecified atom stereocenters. The Hall–Kier alpha value is -2.46. The molecule has 3 N–H and O–H groups in total. The molecule has 0 spiro atoms. The number of halogens is 1. The number of nitrogens with two attached hydrogens (primary N) is 1. The number of hydrogen-bond acceptors (Lipinski definition) is 3. The molecule has 3 rings (SSSR count). The summed E-state index contributed by atoms with van der Waals surface area (Å²) < 4.78 is 5.54. The van der Waals surface area contributed by atoms with Gasteiger partial charge in [-0.05, 0) is 43.3 Å². The van der Waals surface area contributed by atoms with Crippen LogP contribution in [-0.2, 0) is 0 Å². The van der Waals surface area contributed by atoms with Crippen molar-refractivity contribution in [3.8, 4) is 0 Å². The Balaban J connectivity index is 1.91. The molecule has 3 aromatic rings. The summed E-state index contributed by atoms with van der Waals surface area (Å²) in [5.41, 5.74) is 8.44. The second-order valence-electron chi connectivity index (χ2n) is 4.85. The number of aryl methyl sites for hydroxylation is 1. The molecule has 106 valence electrons. The SMILES string of the molecule is Cc1ccc2oc(C(=O)Nc3cc(N)ccc3Cl)cc2c1. The molecule has 1 heterocycles. The molecular formula is C16H13ClN2O2. The van der Waals surface area contributed by atoms with Crippen LogP contribution in [0.15, 0.2) is 46.9 Å². The fourth-order valence-corrected chi connectivity index (χ4v) is 2.26. The van der Waals surface area contributed by atoms with E-state index in [9.17, 15) is 4.79 Å². The van der Waals surface area contributed by atoms with Crippen molar-refractivity contribution in [2.24, 2.45) is 0 Å². The summed E-state index contributed by atoms with van der Waals surface area (Å²) >= 11 is 6.03. The highest BCUT2D eigenvalue weighted by molar-refractivity contribution is 6.34. The molecule has 5 heteroatoms. The van der Waals surface area contributed by atoms with E-state index in [1.807, 2.05) is 25.1 Å². The molecule has 0 aliphatic heterocycles. The molecule has 0 fully saturated rings. The Kier molecular flexibility index (Phi) is 3.31. The second-order valence-corrected chi connectivity index (χ2v) is 5.25. The number of anilines is 2. The van der Waals surface area contributed by atoms with E-state index < -0.39 is 0 Å². The third-order valence-electron chi connectivity index (χ3n) is 3.13. The van der Waals surface area contributed by atoms with Crippen LogP contribution in [0.1, 0.15) is 16.1 Å². The Bertz CT molecular complexity index is 839. The molecule has 0 aliphatic carbocycles. The van der Waals surface area contributed by atoms with E-state index in [2.05, 4.69) is 5.32 Å². The van der Waals surface area contributed by atoms with E-state index in [1.165, 1.54) is 0 Å². The fraction of sp³-hybridized carbons (Fsp3) is 0.0625. The predicted octanol–water partition coefficient (Wildman–Crippen LogP) is 4.23. The molecule has 0 radical (unpaired) electrons. The Morgan fingerprint density at radius 3 is 2.81 bits per heavy atom. The van der Waals surface area contributed by atoms with Gasteiger partial charge in [0.1, 0.15) is 5.58 Å². The van der Waals surface area contributed by atoms with Gasteiger partial charge in [-0.3, -0.25) is 4.79 Å². The first-order valence-electron chi connectivity index (χ1n) is 6.39. The summed E-state index contributed by atoms with van der Waals surface area (Å²) in [7, 11) is 0. The van der Waals surface area contributed by atoms with Crippen LogP contribution in [0.4, 0.5) is 11.4 Å². The van der Waals surface area contributed by atoms with Crippen molar-refractivity contribution >= 4 is 39.9 Å². The maximum absolute atomic E-state index is 12.2. The normalized spacial score (nSPS) is 10.8. The predicted molar refractivity (Wildman–Crippen MR) is 84.8 cm³/mol. The van der Waals surface area contributed by atoms with E-state index in [-0.39, 0.29) is 11.7 Å². The zero-order valence-electron chi connectivity index (χ0n) is 11.3. The molecule has 1 amide bonds. The maximum atomic E-state index is 12.2. The van der Waals surface area contributed by atoms with Crippen molar-refractivity contribution in [1.29, 1.82) is 0 Å². The van der Waals surface area contributed by atoms with E-state index >= 15 is 0 Å². The van der Waals surface area contributed by atoms with Gasteiger partial charge in [0.2, 0.25) is 0 Å². The summed E-state index contributed by atoms with van der Waals surface area (Å²) in [4.78, 5) is 12.2. The zero-order chi connectivity index (χ0) is 15.0. The van der Waals surface area contributed by atoms with Crippen LogP contribution in [0.3, 0.4) is 0 Å². The Morgan fingerprint density at radius 2 is 2.00 bits per heavy atom. The van der Waals surface area contributed by atoms with Crippen molar-refractivity contribution in [3.63, 3.8) is 0 Å². The van der Waals surface area contributed by atoms with E-state index in [0.29, 0.717) is 22.0 Å². The molecule has 0 saturated heterocycles. The van der Waals surface area contributed by atoms with Gasteiger partial charge in [0, 0.05) is 11.1 Å². The number of nitrogens with one attached hydrogen (secondary N) is 1. The summed E-state index contributed by atoms with van der Waals surface area (Å²) in [5.74, 6) is -0.134. The topological polar surface area (TPSA) is 68.3 Å². The number of rotatable bonds is 2. The van der Waals surface area contributed by atoms with Gasteiger partial charge in [0.05, 0.1) is 10.7 Å². The minimum absolute atomic E-state index is 0.231. The number of hydrogen-bond donors (Lipinski definition) is 2. The molecule has 0 aliphatic rings. The lowest BCUT2D eigenvalue weighted by molar-refractivity contribution is 0.0998. The van der Waals surface area contributed by atoms with Gasteiger partial charge in [-0.1, -0.05) is 23.2 Å². The van der Waals surface area contributed by atoms with Gasteiger partial charge < -0.3 is 15.5 Å². The molecule has 2 aromatic carbocycles. The van der Waals surface area contributed by atoms with Gasteiger partial charge in [-0.2, -0.15) is 0 Å². The summed E-state index contributed by atoms with van der Waals surface area (Å²) in [6.07, 6.45) is 0. The van der Waals surface area contributed by atoms with Crippen molar-refractivity contribution < 1.29 is 9.21 Å². The minimum Gasteiger partial charge on any atom is -0.451 e. The van der Waals surface area contributed by atoms with Gasteiger partial charge in [0.25, 0.3) is 5.91 Å². The highest BCUT2D eigenvalue weighted by atomic mass is 35.5. The Morgan fingerprint density at radius 1 is 1.19 bits per heavy atom. The second kappa shape index (κ2) is 5.14. The molecule has 0 atom stereocenters. The molecule has 4 nitrogen and oxygen atoms in total. The molecule has 21 heavy (non-hydrogen) atoms. The third kappa shape index (κ3) is 2.71. The standard InChI is InChI=1S/C16H13ClN2O2/c1-9-2-5-14-10(6-9)7-15(21-14)16(20)19-13-8-11(18)3-4-12(13)17/h2-8H,18H2,1H3,(H,19,20). The largest absolute Gasteiger partial charge is 0.451 e. The van der Waals surface area contributed by atoms with Gasteiger partial charge in [-0.15, -0.1) is 0 Å². The Labute approximate surface area is 126 Å². The summed E-state index contributed by atoms with van der Waals surface area (Å²) in [6.45, 7) is 1.98. The third-order valence-corrected chi connectivity index (χ3v) is 3.46. The molecule has 0 bridgehead atoms. The van der Waals surface area contributed by atoms with Crippen molar-refractivity contribution in [2.45, 2.75) is 6.92 Å². The van der Waals surface area contributed by atoms with Gasteiger partial charge in [-0.25, -0.2) is 0 Å². The quantitative estimate of drug-likeness (QED) is 0.696. The van der Waals surface area contributed by atoms with E-state index in [0.717, 1.165) is 10.9 Å². The van der Waals surface area contributed by atoms with Crippen LogP contribution in [0, 0.1) is 6.92 Å². The fourth-order valence-electron chi connectivity index (χ4n) is 2.10. The van der Waals surface area contributed by atoms with Gasteiger partial charge >= 0.3 is 0 Å². The van der Waals surface area contributed by atoms with E-state index in [4.69, 9.17) is 21.8 Å². The van der Waals surface area contributed by atoms with Crippen LogP contribution in [0.5, 0.6) is 0 Å². The number of amides is 1.